The molecule has 4 rings (SSSR count). The Morgan fingerprint density at radius 3 is 2.71 bits per heavy atom. The van der Waals surface area contributed by atoms with Crippen molar-refractivity contribution in [3.05, 3.63) is 71.3 Å². The van der Waals surface area contributed by atoms with Crippen molar-refractivity contribution in [2.75, 3.05) is 16.8 Å². The molecule has 1 aliphatic rings. The summed E-state index contributed by atoms with van der Waals surface area (Å²) in [6.07, 6.45) is 2.29. The molecule has 0 spiro atoms. The standard InChI is InChI=1S/C21H21FN4OS/c1-14-4-10-17(11-5-14)23-20(27)18-3-2-12-26(18)21-24-19(25-28-21)13-15-6-8-16(22)9-7-15/h4-11,18H,2-3,12-13H2,1H3,(H,23,27)/t18-/m1/s1. The number of nitrogens with one attached hydrogen (secondary N) is 1. The number of benzene rings is 2. The predicted molar refractivity (Wildman–Crippen MR) is 109 cm³/mol. The SMILES string of the molecule is Cc1ccc(NC(=O)[C@H]2CCCN2c2nc(Cc3ccc(F)cc3)ns2)cc1. The Morgan fingerprint density at radius 2 is 1.96 bits per heavy atom. The minimum atomic E-state index is -0.254. The van der Waals surface area contributed by atoms with E-state index in [2.05, 4.69) is 14.7 Å². The zero-order valence-electron chi connectivity index (χ0n) is 15.6. The average molecular weight is 396 g/mol. The van der Waals surface area contributed by atoms with Crippen LogP contribution in [-0.2, 0) is 11.2 Å². The van der Waals surface area contributed by atoms with E-state index < -0.39 is 0 Å². The third-order valence-corrected chi connectivity index (χ3v) is 5.64. The molecule has 144 valence electrons. The summed E-state index contributed by atoms with van der Waals surface area (Å²) in [6, 6.07) is 13.9. The third-order valence-electron chi connectivity index (χ3n) is 4.85. The summed E-state index contributed by atoms with van der Waals surface area (Å²) < 4.78 is 17.5. The van der Waals surface area contributed by atoms with E-state index in [0.717, 1.165) is 41.3 Å². The van der Waals surface area contributed by atoms with Crippen LogP contribution in [0.4, 0.5) is 15.2 Å². The molecule has 0 saturated carbocycles. The van der Waals surface area contributed by atoms with Gasteiger partial charge in [0.1, 0.15) is 17.7 Å². The van der Waals surface area contributed by atoms with Crippen LogP contribution in [0.25, 0.3) is 0 Å². The number of carbonyl (C=O) groups excluding carboxylic acids is 1. The van der Waals surface area contributed by atoms with Gasteiger partial charge in [0.15, 0.2) is 0 Å². The maximum atomic E-state index is 13.1. The van der Waals surface area contributed by atoms with Crippen LogP contribution in [0.5, 0.6) is 0 Å². The largest absolute Gasteiger partial charge is 0.335 e. The summed E-state index contributed by atoms with van der Waals surface area (Å²) >= 11 is 1.31. The quantitative estimate of drug-likeness (QED) is 0.703. The van der Waals surface area contributed by atoms with Gasteiger partial charge in [0.2, 0.25) is 11.0 Å². The van der Waals surface area contributed by atoms with E-state index in [4.69, 9.17) is 0 Å². The lowest BCUT2D eigenvalue weighted by Gasteiger charge is -2.22. The van der Waals surface area contributed by atoms with Crippen LogP contribution in [0.15, 0.2) is 48.5 Å². The molecule has 1 fully saturated rings. The van der Waals surface area contributed by atoms with Gasteiger partial charge in [0, 0.05) is 30.2 Å². The second kappa shape index (κ2) is 8.06. The van der Waals surface area contributed by atoms with Crippen molar-refractivity contribution in [1.82, 2.24) is 9.36 Å². The van der Waals surface area contributed by atoms with Crippen LogP contribution in [-0.4, -0.2) is 27.9 Å². The number of amides is 1. The van der Waals surface area contributed by atoms with Gasteiger partial charge in [-0.3, -0.25) is 4.79 Å². The lowest BCUT2D eigenvalue weighted by atomic mass is 10.1. The normalized spacial score (nSPS) is 16.4. The van der Waals surface area contributed by atoms with Crippen LogP contribution in [0.1, 0.15) is 29.8 Å². The van der Waals surface area contributed by atoms with E-state index in [1.54, 1.807) is 12.1 Å². The fourth-order valence-electron chi connectivity index (χ4n) is 3.35. The minimum Gasteiger partial charge on any atom is -0.335 e. The molecule has 7 heteroatoms. The van der Waals surface area contributed by atoms with Crippen molar-refractivity contribution in [2.45, 2.75) is 32.2 Å². The van der Waals surface area contributed by atoms with E-state index in [1.807, 2.05) is 36.1 Å². The number of hydrogen-bond donors (Lipinski definition) is 1. The molecule has 5 nitrogen and oxygen atoms in total. The predicted octanol–water partition coefficient (Wildman–Crippen LogP) is 4.18. The molecule has 0 unspecified atom stereocenters. The van der Waals surface area contributed by atoms with Gasteiger partial charge in [-0.05, 0) is 49.6 Å². The molecule has 1 N–H and O–H groups in total. The first kappa shape index (κ1) is 18.6. The summed E-state index contributed by atoms with van der Waals surface area (Å²) in [5.74, 6) is 0.419. The van der Waals surface area contributed by atoms with E-state index in [1.165, 1.54) is 23.7 Å². The number of hydrogen-bond acceptors (Lipinski definition) is 5. The summed E-state index contributed by atoms with van der Waals surface area (Å²) in [7, 11) is 0. The summed E-state index contributed by atoms with van der Waals surface area (Å²) in [6.45, 7) is 2.81. The molecular formula is C21H21FN4OS. The van der Waals surface area contributed by atoms with Crippen molar-refractivity contribution >= 4 is 28.3 Å². The molecule has 0 radical (unpaired) electrons. The first-order valence-electron chi connectivity index (χ1n) is 9.30. The third kappa shape index (κ3) is 4.20. The first-order valence-corrected chi connectivity index (χ1v) is 10.1. The zero-order valence-corrected chi connectivity index (χ0v) is 16.4. The van der Waals surface area contributed by atoms with Gasteiger partial charge in [-0.15, -0.1) is 0 Å². The molecule has 0 bridgehead atoms. The molecule has 28 heavy (non-hydrogen) atoms. The highest BCUT2D eigenvalue weighted by Crippen LogP contribution is 2.28. The Labute approximate surface area is 167 Å². The smallest absolute Gasteiger partial charge is 0.247 e. The van der Waals surface area contributed by atoms with Gasteiger partial charge in [-0.2, -0.15) is 4.37 Å². The number of nitrogens with zero attached hydrogens (tertiary/aromatic N) is 3. The van der Waals surface area contributed by atoms with Crippen molar-refractivity contribution in [3.8, 4) is 0 Å². The van der Waals surface area contributed by atoms with E-state index in [0.29, 0.717) is 12.2 Å². The van der Waals surface area contributed by atoms with Gasteiger partial charge in [0.25, 0.3) is 0 Å². The van der Waals surface area contributed by atoms with Crippen LogP contribution >= 0.6 is 11.5 Å². The number of halogens is 1. The topological polar surface area (TPSA) is 58.1 Å². The fraction of sp³-hybridized carbons (Fsp3) is 0.286. The highest BCUT2D eigenvalue weighted by Gasteiger charge is 2.33. The molecule has 3 aromatic rings. The van der Waals surface area contributed by atoms with Crippen molar-refractivity contribution in [1.29, 1.82) is 0 Å². The lowest BCUT2D eigenvalue weighted by Crippen LogP contribution is -2.39. The Bertz CT molecular complexity index is 955. The second-order valence-electron chi connectivity index (χ2n) is 7.00. The van der Waals surface area contributed by atoms with E-state index in [9.17, 15) is 9.18 Å². The minimum absolute atomic E-state index is 0.0170. The van der Waals surface area contributed by atoms with Gasteiger partial charge >= 0.3 is 0 Å². The second-order valence-corrected chi connectivity index (χ2v) is 7.73. The van der Waals surface area contributed by atoms with Crippen LogP contribution in [0.3, 0.4) is 0 Å². The highest BCUT2D eigenvalue weighted by atomic mass is 32.1. The van der Waals surface area contributed by atoms with E-state index in [-0.39, 0.29) is 17.8 Å². The van der Waals surface area contributed by atoms with E-state index >= 15 is 0 Å². The van der Waals surface area contributed by atoms with Crippen LogP contribution in [0, 0.1) is 12.7 Å². The maximum Gasteiger partial charge on any atom is 0.247 e. The number of carbonyl (C=O) groups is 1. The Hall–Kier alpha value is -2.80. The van der Waals surface area contributed by atoms with Crippen LogP contribution < -0.4 is 10.2 Å². The molecule has 2 aromatic carbocycles. The zero-order chi connectivity index (χ0) is 19.5. The molecule has 1 aliphatic heterocycles. The van der Waals surface area contributed by atoms with Gasteiger partial charge in [-0.25, -0.2) is 9.37 Å². The number of rotatable bonds is 5. The number of anilines is 2. The molecule has 1 saturated heterocycles. The lowest BCUT2D eigenvalue weighted by molar-refractivity contribution is -0.117. The highest BCUT2D eigenvalue weighted by molar-refractivity contribution is 7.09. The average Bonchev–Trinajstić information content (AvgIpc) is 3.34. The monoisotopic (exact) mass is 396 g/mol. The van der Waals surface area contributed by atoms with Crippen molar-refractivity contribution in [3.63, 3.8) is 0 Å². The first-order chi connectivity index (χ1) is 13.6. The molecule has 2 heterocycles. The molecular weight excluding hydrogens is 375 g/mol. The Morgan fingerprint density at radius 1 is 1.21 bits per heavy atom. The summed E-state index contributed by atoms with van der Waals surface area (Å²) in [5.41, 5.74) is 2.92. The maximum absolute atomic E-state index is 13.1. The van der Waals surface area contributed by atoms with Gasteiger partial charge in [0.05, 0.1) is 0 Å². The molecule has 0 aliphatic carbocycles. The Balaban J connectivity index is 1.44. The van der Waals surface area contributed by atoms with Gasteiger partial charge < -0.3 is 10.2 Å². The van der Waals surface area contributed by atoms with Crippen molar-refractivity contribution in [2.24, 2.45) is 0 Å². The van der Waals surface area contributed by atoms with Crippen molar-refractivity contribution < 1.29 is 9.18 Å². The van der Waals surface area contributed by atoms with Crippen LogP contribution in [0.2, 0.25) is 0 Å². The molecule has 1 atom stereocenters. The molecule has 1 aromatic heterocycles. The summed E-state index contributed by atoms with van der Waals surface area (Å²) in [5, 5.41) is 3.77. The van der Waals surface area contributed by atoms with Gasteiger partial charge in [-0.1, -0.05) is 29.8 Å². The summed E-state index contributed by atoms with van der Waals surface area (Å²) in [4.78, 5) is 19.4. The number of aromatic nitrogens is 2. The Kier molecular flexibility index (Phi) is 5.34. The fourth-order valence-corrected chi connectivity index (χ4v) is 4.11. The molecule has 1 amide bonds. The number of aryl methyl sites for hydroxylation is 1.